The van der Waals surface area contributed by atoms with Crippen LogP contribution in [0.15, 0.2) is 54.3 Å². The summed E-state index contributed by atoms with van der Waals surface area (Å²) in [5.41, 5.74) is 1.03. The molecule has 0 saturated heterocycles. The first-order chi connectivity index (χ1) is 14.5. The first kappa shape index (κ1) is 21.5. The van der Waals surface area contributed by atoms with Gasteiger partial charge in [0.15, 0.2) is 11.5 Å². The molecule has 0 aliphatic carbocycles. The van der Waals surface area contributed by atoms with Crippen LogP contribution in [0.4, 0.5) is 10.1 Å². The number of benzene rings is 2. The third kappa shape index (κ3) is 5.24. The minimum atomic E-state index is -0.447. The van der Waals surface area contributed by atoms with Crippen molar-refractivity contribution in [3.63, 3.8) is 0 Å². The zero-order valence-electron chi connectivity index (χ0n) is 17.2. The number of hydrogen-bond acceptors (Lipinski definition) is 4. The third-order valence-electron chi connectivity index (χ3n) is 4.92. The molecule has 0 bridgehead atoms. The van der Waals surface area contributed by atoms with Gasteiger partial charge in [0.2, 0.25) is 5.91 Å². The molecule has 1 aliphatic rings. The summed E-state index contributed by atoms with van der Waals surface area (Å²) < 4.78 is 19.3. The summed E-state index contributed by atoms with van der Waals surface area (Å²) in [6.45, 7) is 7.09. The van der Waals surface area contributed by atoms with Gasteiger partial charge in [-0.05, 0) is 49.0 Å². The van der Waals surface area contributed by atoms with Crippen LogP contribution in [0.3, 0.4) is 0 Å². The maximum atomic E-state index is 13.5. The number of amides is 2. The van der Waals surface area contributed by atoms with E-state index in [2.05, 4.69) is 24.1 Å². The molecule has 0 unspecified atom stereocenters. The fourth-order valence-electron chi connectivity index (χ4n) is 3.26. The molecule has 7 heteroatoms. The Labute approximate surface area is 175 Å². The van der Waals surface area contributed by atoms with Crippen molar-refractivity contribution in [2.45, 2.75) is 13.8 Å². The monoisotopic (exact) mass is 411 g/mol. The highest BCUT2D eigenvalue weighted by atomic mass is 19.1. The Bertz CT molecular complexity index is 941. The van der Waals surface area contributed by atoms with Crippen LogP contribution in [0.25, 0.3) is 6.08 Å². The summed E-state index contributed by atoms with van der Waals surface area (Å²) in [5, 5.41) is 2.87. The quantitative estimate of drug-likeness (QED) is 0.679. The predicted molar refractivity (Wildman–Crippen MR) is 115 cm³/mol. The summed E-state index contributed by atoms with van der Waals surface area (Å²) in [6.07, 6.45) is 1.48. The van der Waals surface area contributed by atoms with Gasteiger partial charge in [0.1, 0.15) is 12.4 Å². The van der Waals surface area contributed by atoms with E-state index < -0.39 is 11.7 Å². The lowest BCUT2D eigenvalue weighted by Gasteiger charge is -2.30. The SMILES string of the molecule is CCN(CC)CCNC(=O)CN1C(=O)/C(=C\c2cccc(F)c2)Oc2ccccc21. The van der Waals surface area contributed by atoms with Gasteiger partial charge >= 0.3 is 0 Å². The van der Waals surface area contributed by atoms with E-state index in [-0.39, 0.29) is 18.2 Å². The molecule has 0 fully saturated rings. The van der Waals surface area contributed by atoms with Crippen LogP contribution >= 0.6 is 0 Å². The van der Waals surface area contributed by atoms with Gasteiger partial charge in [-0.25, -0.2) is 4.39 Å². The lowest BCUT2D eigenvalue weighted by molar-refractivity contribution is -0.123. The molecular weight excluding hydrogens is 385 g/mol. The Morgan fingerprint density at radius 2 is 1.93 bits per heavy atom. The van der Waals surface area contributed by atoms with Crippen LogP contribution in [0.5, 0.6) is 5.75 Å². The molecule has 0 radical (unpaired) electrons. The molecule has 3 rings (SSSR count). The lowest BCUT2D eigenvalue weighted by Crippen LogP contribution is -2.45. The van der Waals surface area contributed by atoms with Crippen molar-refractivity contribution < 1.29 is 18.7 Å². The van der Waals surface area contributed by atoms with E-state index in [0.29, 0.717) is 23.5 Å². The highest BCUT2D eigenvalue weighted by Gasteiger charge is 2.31. The molecule has 2 aromatic rings. The molecule has 0 atom stereocenters. The molecule has 1 aliphatic heterocycles. The molecule has 2 amide bonds. The number of likely N-dealkylation sites (N-methyl/N-ethyl adjacent to an activating group) is 1. The molecule has 0 saturated carbocycles. The molecule has 2 aromatic carbocycles. The fraction of sp³-hybridized carbons (Fsp3) is 0.304. The second-order valence-electron chi connectivity index (χ2n) is 6.90. The van der Waals surface area contributed by atoms with Crippen molar-refractivity contribution >= 4 is 23.6 Å². The van der Waals surface area contributed by atoms with Crippen molar-refractivity contribution in [2.24, 2.45) is 0 Å². The highest BCUT2D eigenvalue weighted by Crippen LogP contribution is 2.35. The maximum Gasteiger partial charge on any atom is 0.294 e. The van der Waals surface area contributed by atoms with Gasteiger partial charge in [0.25, 0.3) is 5.91 Å². The lowest BCUT2D eigenvalue weighted by atomic mass is 10.1. The number of para-hydroxylation sites is 2. The number of carbonyl (C=O) groups excluding carboxylic acids is 2. The number of halogens is 1. The second-order valence-corrected chi connectivity index (χ2v) is 6.90. The molecule has 30 heavy (non-hydrogen) atoms. The van der Waals surface area contributed by atoms with Crippen LogP contribution in [-0.4, -0.2) is 49.4 Å². The number of nitrogens with one attached hydrogen (secondary N) is 1. The van der Waals surface area contributed by atoms with Crippen LogP contribution in [0, 0.1) is 5.82 Å². The molecule has 6 nitrogen and oxygen atoms in total. The van der Waals surface area contributed by atoms with Crippen LogP contribution in [-0.2, 0) is 9.59 Å². The molecule has 1 N–H and O–H groups in total. The van der Waals surface area contributed by atoms with Gasteiger partial charge in [-0.1, -0.05) is 38.1 Å². The number of hydrogen-bond donors (Lipinski definition) is 1. The Morgan fingerprint density at radius 1 is 1.17 bits per heavy atom. The van der Waals surface area contributed by atoms with E-state index in [9.17, 15) is 14.0 Å². The highest BCUT2D eigenvalue weighted by molar-refractivity contribution is 6.12. The van der Waals surface area contributed by atoms with E-state index in [0.717, 1.165) is 19.6 Å². The van der Waals surface area contributed by atoms with Crippen molar-refractivity contribution in [1.82, 2.24) is 10.2 Å². The summed E-state index contributed by atoms with van der Waals surface area (Å²) >= 11 is 0. The number of rotatable bonds is 8. The number of ether oxygens (including phenoxy) is 1. The second kappa shape index (κ2) is 10.0. The first-order valence-corrected chi connectivity index (χ1v) is 10.1. The molecule has 158 valence electrons. The Balaban J connectivity index is 1.77. The number of nitrogens with zero attached hydrogens (tertiary/aromatic N) is 2. The van der Waals surface area contributed by atoms with Gasteiger partial charge in [0, 0.05) is 13.1 Å². The van der Waals surface area contributed by atoms with Crippen LogP contribution in [0.2, 0.25) is 0 Å². The summed E-state index contributed by atoms with van der Waals surface area (Å²) in [6, 6.07) is 12.9. The van der Waals surface area contributed by atoms with Crippen molar-refractivity contribution in [3.8, 4) is 5.75 Å². The van der Waals surface area contributed by atoms with Crippen LogP contribution in [0.1, 0.15) is 19.4 Å². The van der Waals surface area contributed by atoms with E-state index in [1.807, 2.05) is 0 Å². The normalized spacial score (nSPS) is 14.6. The van der Waals surface area contributed by atoms with E-state index in [1.54, 1.807) is 36.4 Å². The van der Waals surface area contributed by atoms with Gasteiger partial charge in [-0.3, -0.25) is 14.5 Å². The molecule has 1 heterocycles. The number of fused-ring (bicyclic) bond motifs is 1. The topological polar surface area (TPSA) is 61.9 Å². The molecular formula is C23H26FN3O3. The fourth-order valence-corrected chi connectivity index (χ4v) is 3.26. The third-order valence-corrected chi connectivity index (χ3v) is 4.92. The van der Waals surface area contributed by atoms with Crippen LogP contribution < -0.4 is 15.0 Å². The summed E-state index contributed by atoms with van der Waals surface area (Å²) in [5.74, 6) is -0.599. The minimum absolute atomic E-state index is 0.0373. The van der Waals surface area contributed by atoms with Crippen molar-refractivity contribution in [1.29, 1.82) is 0 Å². The van der Waals surface area contributed by atoms with Crippen molar-refractivity contribution in [2.75, 3.05) is 37.6 Å². The Morgan fingerprint density at radius 3 is 2.67 bits per heavy atom. The predicted octanol–water partition coefficient (Wildman–Crippen LogP) is 3.05. The summed E-state index contributed by atoms with van der Waals surface area (Å²) in [4.78, 5) is 29.1. The maximum absolute atomic E-state index is 13.5. The average molecular weight is 411 g/mol. The first-order valence-electron chi connectivity index (χ1n) is 10.1. The minimum Gasteiger partial charge on any atom is -0.449 e. The Hall–Kier alpha value is -3.19. The molecule has 0 spiro atoms. The van der Waals surface area contributed by atoms with Gasteiger partial charge in [0.05, 0.1) is 5.69 Å². The molecule has 0 aromatic heterocycles. The standard InChI is InChI=1S/C23H26FN3O3/c1-3-26(4-2)13-12-25-22(28)16-27-19-10-5-6-11-20(19)30-21(23(27)29)15-17-8-7-9-18(24)14-17/h5-11,14-15H,3-4,12-13,16H2,1-2H3,(H,25,28)/b21-15+. The van der Waals surface area contributed by atoms with Gasteiger partial charge in [-0.15, -0.1) is 0 Å². The zero-order valence-corrected chi connectivity index (χ0v) is 17.2. The van der Waals surface area contributed by atoms with E-state index in [4.69, 9.17) is 4.74 Å². The van der Waals surface area contributed by atoms with Crippen molar-refractivity contribution in [3.05, 3.63) is 65.7 Å². The summed E-state index contributed by atoms with van der Waals surface area (Å²) in [7, 11) is 0. The largest absolute Gasteiger partial charge is 0.449 e. The van der Waals surface area contributed by atoms with Gasteiger partial charge < -0.3 is 15.0 Å². The van der Waals surface area contributed by atoms with E-state index in [1.165, 1.54) is 23.1 Å². The number of carbonyl (C=O) groups is 2. The smallest absolute Gasteiger partial charge is 0.294 e. The zero-order chi connectivity index (χ0) is 21.5. The Kier molecular flexibility index (Phi) is 7.19. The average Bonchev–Trinajstić information content (AvgIpc) is 2.74. The number of anilines is 1. The van der Waals surface area contributed by atoms with E-state index >= 15 is 0 Å². The van der Waals surface area contributed by atoms with Gasteiger partial charge in [-0.2, -0.15) is 0 Å².